The number of carbonyl (C=O) groups is 2. The van der Waals surface area contributed by atoms with Crippen LogP contribution in [-0.2, 0) is 9.59 Å². The van der Waals surface area contributed by atoms with Gasteiger partial charge in [-0.25, -0.2) is 0 Å². The Kier molecular flexibility index (Phi) is 5.55. The van der Waals surface area contributed by atoms with Gasteiger partial charge in [-0.2, -0.15) is 0 Å². The van der Waals surface area contributed by atoms with Crippen molar-refractivity contribution in [3.05, 3.63) is 40.9 Å². The number of hydrogen-bond acceptors (Lipinski definition) is 5. The largest absolute Gasteiger partial charge is 0.325 e. The molecule has 0 saturated heterocycles. The van der Waals surface area contributed by atoms with Gasteiger partial charge in [0.25, 0.3) is 0 Å². The maximum absolute atomic E-state index is 12.0. The molecule has 6 nitrogen and oxygen atoms in total. The Morgan fingerprint density at radius 3 is 2.64 bits per heavy atom. The van der Waals surface area contributed by atoms with Crippen LogP contribution in [0.1, 0.15) is 18.4 Å². The first-order valence-electron chi connectivity index (χ1n) is 7.84. The zero-order valence-electron chi connectivity index (χ0n) is 13.6. The third kappa shape index (κ3) is 5.17. The highest BCUT2D eigenvalue weighted by atomic mass is 35.5. The SMILES string of the molecule is Cc1ccc(NC(=O)CSc2ccc(NC(=O)C3CC3)nn2)cc1Cl. The topological polar surface area (TPSA) is 84.0 Å². The van der Waals surface area contributed by atoms with Crippen LogP contribution < -0.4 is 10.6 Å². The normalized spacial score (nSPS) is 13.4. The third-order valence-corrected chi connectivity index (χ3v) is 4.97. The summed E-state index contributed by atoms with van der Waals surface area (Å²) in [6.45, 7) is 1.90. The van der Waals surface area contributed by atoms with Gasteiger partial charge in [-0.15, -0.1) is 10.2 Å². The number of nitrogens with one attached hydrogen (secondary N) is 2. The lowest BCUT2D eigenvalue weighted by atomic mass is 10.2. The summed E-state index contributed by atoms with van der Waals surface area (Å²) in [5.74, 6) is 0.590. The van der Waals surface area contributed by atoms with E-state index in [1.165, 1.54) is 11.8 Å². The fourth-order valence-electron chi connectivity index (χ4n) is 2.04. The standard InChI is InChI=1S/C17H17ClN4O2S/c1-10-2-5-12(8-13(10)18)19-15(23)9-25-16-7-6-14(21-22-16)20-17(24)11-3-4-11/h2,5-8,11H,3-4,9H2,1H3,(H,19,23)(H,20,21,24). The summed E-state index contributed by atoms with van der Waals surface area (Å²) < 4.78 is 0. The number of thioether (sulfide) groups is 1. The number of benzene rings is 1. The molecular formula is C17H17ClN4O2S. The van der Waals surface area contributed by atoms with E-state index in [1.807, 2.05) is 13.0 Å². The second-order valence-corrected chi connectivity index (χ2v) is 7.22. The minimum atomic E-state index is -0.155. The molecule has 3 rings (SSSR count). The number of carbonyl (C=O) groups excluding carboxylic acids is 2. The first kappa shape index (κ1) is 17.7. The van der Waals surface area contributed by atoms with Gasteiger partial charge < -0.3 is 10.6 Å². The molecule has 1 aliphatic carbocycles. The number of hydrogen-bond donors (Lipinski definition) is 2. The lowest BCUT2D eigenvalue weighted by molar-refractivity contribution is -0.117. The van der Waals surface area contributed by atoms with Crippen molar-refractivity contribution >= 4 is 46.7 Å². The van der Waals surface area contributed by atoms with E-state index < -0.39 is 0 Å². The Morgan fingerprint density at radius 1 is 1.20 bits per heavy atom. The van der Waals surface area contributed by atoms with Gasteiger partial charge in [0.1, 0.15) is 5.03 Å². The van der Waals surface area contributed by atoms with Crippen LogP contribution in [0.25, 0.3) is 0 Å². The van der Waals surface area contributed by atoms with E-state index in [9.17, 15) is 9.59 Å². The van der Waals surface area contributed by atoms with E-state index in [2.05, 4.69) is 20.8 Å². The van der Waals surface area contributed by atoms with E-state index in [1.54, 1.807) is 24.3 Å². The van der Waals surface area contributed by atoms with Crippen molar-refractivity contribution in [1.29, 1.82) is 0 Å². The summed E-state index contributed by atoms with van der Waals surface area (Å²) in [5.41, 5.74) is 1.61. The molecule has 25 heavy (non-hydrogen) atoms. The molecule has 0 radical (unpaired) electrons. The zero-order valence-corrected chi connectivity index (χ0v) is 15.2. The predicted octanol–water partition coefficient (Wildman–Crippen LogP) is 3.52. The second kappa shape index (κ2) is 7.84. The van der Waals surface area contributed by atoms with Gasteiger partial charge in [-0.1, -0.05) is 29.4 Å². The monoisotopic (exact) mass is 376 g/mol. The van der Waals surface area contributed by atoms with Crippen LogP contribution in [0.2, 0.25) is 5.02 Å². The second-order valence-electron chi connectivity index (χ2n) is 5.82. The summed E-state index contributed by atoms with van der Waals surface area (Å²) in [7, 11) is 0. The smallest absolute Gasteiger partial charge is 0.234 e. The summed E-state index contributed by atoms with van der Waals surface area (Å²) >= 11 is 7.31. The van der Waals surface area contributed by atoms with Crippen LogP contribution in [0.5, 0.6) is 0 Å². The van der Waals surface area contributed by atoms with Crippen LogP contribution in [0.3, 0.4) is 0 Å². The van der Waals surface area contributed by atoms with Gasteiger partial charge in [0.2, 0.25) is 11.8 Å². The number of amides is 2. The molecule has 2 amide bonds. The van der Waals surface area contributed by atoms with E-state index in [4.69, 9.17) is 11.6 Å². The quantitative estimate of drug-likeness (QED) is 0.753. The average molecular weight is 377 g/mol. The Hall–Kier alpha value is -2.12. The van der Waals surface area contributed by atoms with Gasteiger partial charge in [-0.05, 0) is 49.6 Å². The number of aryl methyl sites for hydroxylation is 1. The Morgan fingerprint density at radius 2 is 2.00 bits per heavy atom. The lowest BCUT2D eigenvalue weighted by Crippen LogP contribution is -2.15. The van der Waals surface area contributed by atoms with E-state index in [0.717, 1.165) is 18.4 Å². The minimum Gasteiger partial charge on any atom is -0.325 e. The Bertz CT molecular complexity index is 794. The molecule has 2 aromatic rings. The van der Waals surface area contributed by atoms with Crippen LogP contribution in [0.4, 0.5) is 11.5 Å². The molecule has 0 spiro atoms. The number of anilines is 2. The number of nitrogens with zero attached hydrogens (tertiary/aromatic N) is 2. The number of halogens is 1. The van der Waals surface area contributed by atoms with E-state index in [0.29, 0.717) is 21.6 Å². The van der Waals surface area contributed by atoms with Crippen molar-refractivity contribution in [2.75, 3.05) is 16.4 Å². The molecule has 130 valence electrons. The molecule has 1 saturated carbocycles. The third-order valence-electron chi connectivity index (χ3n) is 3.65. The summed E-state index contributed by atoms with van der Waals surface area (Å²) in [5, 5.41) is 14.7. The average Bonchev–Trinajstić information content (AvgIpc) is 3.43. The molecular weight excluding hydrogens is 360 g/mol. The van der Waals surface area contributed by atoms with Crippen molar-refractivity contribution in [2.45, 2.75) is 24.8 Å². The fraction of sp³-hybridized carbons (Fsp3) is 0.294. The van der Waals surface area contributed by atoms with Crippen LogP contribution >= 0.6 is 23.4 Å². The van der Waals surface area contributed by atoms with Crippen molar-refractivity contribution in [1.82, 2.24) is 10.2 Å². The molecule has 0 unspecified atom stereocenters. The Labute approximate surface area is 154 Å². The van der Waals surface area contributed by atoms with Gasteiger partial charge in [0.15, 0.2) is 5.82 Å². The highest BCUT2D eigenvalue weighted by molar-refractivity contribution is 7.99. The van der Waals surface area contributed by atoms with E-state index in [-0.39, 0.29) is 23.5 Å². The van der Waals surface area contributed by atoms with Crippen molar-refractivity contribution < 1.29 is 9.59 Å². The molecule has 8 heteroatoms. The summed E-state index contributed by atoms with van der Waals surface area (Å²) in [6.07, 6.45) is 1.88. The first-order valence-corrected chi connectivity index (χ1v) is 9.21. The maximum atomic E-state index is 12.0. The van der Waals surface area contributed by atoms with Crippen LogP contribution in [-0.4, -0.2) is 27.8 Å². The molecule has 1 fully saturated rings. The maximum Gasteiger partial charge on any atom is 0.234 e. The predicted molar refractivity (Wildman–Crippen MR) is 98.9 cm³/mol. The minimum absolute atomic E-state index is 0.00848. The molecule has 1 aromatic carbocycles. The molecule has 0 aliphatic heterocycles. The molecule has 1 heterocycles. The molecule has 1 aliphatic rings. The van der Waals surface area contributed by atoms with Gasteiger partial charge >= 0.3 is 0 Å². The van der Waals surface area contributed by atoms with Gasteiger partial charge in [-0.3, -0.25) is 9.59 Å². The van der Waals surface area contributed by atoms with Gasteiger partial charge in [0.05, 0.1) is 5.75 Å². The van der Waals surface area contributed by atoms with Crippen LogP contribution in [0.15, 0.2) is 35.4 Å². The fourth-order valence-corrected chi connectivity index (χ4v) is 2.84. The van der Waals surface area contributed by atoms with Crippen molar-refractivity contribution in [3.8, 4) is 0 Å². The van der Waals surface area contributed by atoms with Gasteiger partial charge in [0, 0.05) is 16.6 Å². The van der Waals surface area contributed by atoms with Crippen molar-refractivity contribution in [2.24, 2.45) is 5.92 Å². The summed E-state index contributed by atoms with van der Waals surface area (Å²) in [4.78, 5) is 23.6. The van der Waals surface area contributed by atoms with Crippen molar-refractivity contribution in [3.63, 3.8) is 0 Å². The molecule has 2 N–H and O–H groups in total. The molecule has 0 atom stereocenters. The Balaban J connectivity index is 1.48. The highest BCUT2D eigenvalue weighted by Crippen LogP contribution is 2.30. The first-order chi connectivity index (χ1) is 12.0. The molecule has 1 aromatic heterocycles. The number of rotatable bonds is 6. The summed E-state index contributed by atoms with van der Waals surface area (Å²) in [6, 6.07) is 8.80. The highest BCUT2D eigenvalue weighted by Gasteiger charge is 2.29. The molecule has 0 bridgehead atoms. The van der Waals surface area contributed by atoms with Crippen LogP contribution in [0, 0.1) is 12.8 Å². The number of aromatic nitrogens is 2. The zero-order chi connectivity index (χ0) is 17.8. The lowest BCUT2D eigenvalue weighted by Gasteiger charge is -2.07. The van der Waals surface area contributed by atoms with E-state index >= 15 is 0 Å².